The summed E-state index contributed by atoms with van der Waals surface area (Å²) in [5, 5.41) is 10.5. The van der Waals surface area contributed by atoms with Crippen molar-refractivity contribution in [3.63, 3.8) is 0 Å². The van der Waals surface area contributed by atoms with Gasteiger partial charge in [-0.3, -0.25) is 0 Å². The molecular formula is C43H30. The minimum atomic E-state index is -0.114. The molecule has 1 aliphatic carbocycles. The Morgan fingerprint density at radius 2 is 0.907 bits per heavy atom. The van der Waals surface area contributed by atoms with Crippen molar-refractivity contribution in [1.82, 2.24) is 0 Å². The van der Waals surface area contributed by atoms with Gasteiger partial charge in [-0.25, -0.2) is 0 Å². The van der Waals surface area contributed by atoms with E-state index in [2.05, 4.69) is 159 Å². The van der Waals surface area contributed by atoms with Gasteiger partial charge in [-0.05, 0) is 93.7 Å². The van der Waals surface area contributed by atoms with Gasteiger partial charge in [0.05, 0.1) is 0 Å². The van der Waals surface area contributed by atoms with Crippen molar-refractivity contribution < 1.29 is 0 Å². The number of hydrogen-bond donors (Lipinski definition) is 0. The van der Waals surface area contributed by atoms with E-state index in [1.807, 2.05) is 0 Å². The summed E-state index contributed by atoms with van der Waals surface area (Å²) in [5.74, 6) is 0. The zero-order valence-electron chi connectivity index (χ0n) is 24.4. The summed E-state index contributed by atoms with van der Waals surface area (Å²) < 4.78 is 0. The fourth-order valence-electron chi connectivity index (χ4n) is 7.92. The molecule has 0 atom stereocenters. The minimum absolute atomic E-state index is 0.114. The van der Waals surface area contributed by atoms with E-state index >= 15 is 0 Å². The summed E-state index contributed by atoms with van der Waals surface area (Å²) in [6.07, 6.45) is 0. The molecule has 0 spiro atoms. The summed E-state index contributed by atoms with van der Waals surface area (Å²) >= 11 is 0. The predicted octanol–water partition coefficient (Wildman–Crippen LogP) is 11.9. The van der Waals surface area contributed by atoms with Crippen molar-refractivity contribution >= 4 is 43.1 Å². The Balaban J connectivity index is 1.31. The second-order valence-corrected chi connectivity index (χ2v) is 12.5. The SMILES string of the molecule is CC1(C)c2ccc3ccccc3c2-c2cccc(-c3ccccc3-c3ccc4c5ccccc5c5ccccc5c4c3)c21. The number of hydrogen-bond acceptors (Lipinski definition) is 0. The Morgan fingerprint density at radius 3 is 1.63 bits per heavy atom. The fraction of sp³-hybridized carbons (Fsp3) is 0.0698. The number of benzene rings is 8. The molecule has 0 unspecified atom stereocenters. The zero-order valence-corrected chi connectivity index (χ0v) is 24.4. The first-order valence-corrected chi connectivity index (χ1v) is 15.2. The molecule has 0 heteroatoms. The van der Waals surface area contributed by atoms with Gasteiger partial charge in [-0.2, -0.15) is 0 Å². The quantitative estimate of drug-likeness (QED) is 0.189. The van der Waals surface area contributed by atoms with Crippen molar-refractivity contribution in [3.05, 3.63) is 157 Å². The Hall–Kier alpha value is -5.20. The highest BCUT2D eigenvalue weighted by atomic mass is 14.4. The van der Waals surface area contributed by atoms with Gasteiger partial charge in [0.2, 0.25) is 0 Å². The maximum atomic E-state index is 2.42. The largest absolute Gasteiger partial charge is 0.0616 e. The van der Waals surface area contributed by atoms with Gasteiger partial charge in [0.1, 0.15) is 0 Å². The van der Waals surface area contributed by atoms with E-state index in [4.69, 9.17) is 0 Å². The molecule has 0 bridgehead atoms. The molecule has 0 radical (unpaired) electrons. The van der Waals surface area contributed by atoms with Crippen LogP contribution in [0.1, 0.15) is 25.0 Å². The average molecular weight is 547 g/mol. The normalized spacial score (nSPS) is 13.5. The summed E-state index contributed by atoms with van der Waals surface area (Å²) in [5.41, 5.74) is 10.6. The van der Waals surface area contributed by atoms with Crippen LogP contribution < -0.4 is 0 Å². The Bertz CT molecular complexity index is 2390. The summed E-state index contributed by atoms with van der Waals surface area (Å²) in [4.78, 5) is 0. The Kier molecular flexibility index (Phi) is 5.05. The van der Waals surface area contributed by atoms with Crippen molar-refractivity contribution in [2.45, 2.75) is 19.3 Å². The van der Waals surface area contributed by atoms with Crippen LogP contribution in [0.2, 0.25) is 0 Å². The molecule has 0 heterocycles. The smallest absolute Gasteiger partial charge is 0.0165 e. The molecular weight excluding hydrogens is 516 g/mol. The maximum absolute atomic E-state index is 2.42. The fourth-order valence-corrected chi connectivity index (χ4v) is 7.92. The summed E-state index contributed by atoms with van der Waals surface area (Å²) in [7, 11) is 0. The summed E-state index contributed by atoms with van der Waals surface area (Å²) in [6, 6.07) is 54.0. The molecule has 0 N–H and O–H groups in total. The molecule has 0 nitrogen and oxygen atoms in total. The standard InChI is InChI=1S/C43H30/c1-43(2)40-25-23-27-12-3-4-14-30(27)41(40)38-21-11-20-37(42(38)43)31-15-6-5-13-29(31)28-22-24-36-34-18-8-7-16-32(34)33-17-9-10-19-35(33)39(36)26-28/h3-26H,1-2H3. The van der Waals surface area contributed by atoms with Gasteiger partial charge < -0.3 is 0 Å². The monoisotopic (exact) mass is 546 g/mol. The highest BCUT2D eigenvalue weighted by Crippen LogP contribution is 2.55. The molecule has 9 rings (SSSR count). The molecule has 0 aromatic heterocycles. The Morgan fingerprint density at radius 1 is 0.372 bits per heavy atom. The van der Waals surface area contributed by atoms with Crippen LogP contribution >= 0.6 is 0 Å². The lowest BCUT2D eigenvalue weighted by atomic mass is 9.77. The molecule has 0 aliphatic heterocycles. The van der Waals surface area contributed by atoms with E-state index in [1.165, 1.54) is 87.6 Å². The topological polar surface area (TPSA) is 0 Å². The van der Waals surface area contributed by atoms with Crippen LogP contribution in [0.4, 0.5) is 0 Å². The maximum Gasteiger partial charge on any atom is 0.0165 e. The van der Waals surface area contributed by atoms with Crippen LogP contribution in [0.25, 0.3) is 76.5 Å². The van der Waals surface area contributed by atoms with Crippen molar-refractivity contribution in [2.75, 3.05) is 0 Å². The van der Waals surface area contributed by atoms with E-state index in [1.54, 1.807) is 0 Å². The molecule has 202 valence electrons. The first kappa shape index (κ1) is 24.4. The second-order valence-electron chi connectivity index (χ2n) is 12.5. The molecule has 0 fully saturated rings. The van der Waals surface area contributed by atoms with E-state index < -0.39 is 0 Å². The summed E-state index contributed by atoms with van der Waals surface area (Å²) in [6.45, 7) is 4.79. The highest BCUT2D eigenvalue weighted by molar-refractivity contribution is 6.25. The van der Waals surface area contributed by atoms with E-state index in [9.17, 15) is 0 Å². The number of rotatable bonds is 2. The Labute approximate surface area is 251 Å². The lowest BCUT2D eigenvalue weighted by Crippen LogP contribution is -2.16. The van der Waals surface area contributed by atoms with Crippen LogP contribution in [0.3, 0.4) is 0 Å². The van der Waals surface area contributed by atoms with Gasteiger partial charge in [0.25, 0.3) is 0 Å². The third-order valence-corrected chi connectivity index (χ3v) is 9.83. The highest BCUT2D eigenvalue weighted by Gasteiger charge is 2.38. The third-order valence-electron chi connectivity index (χ3n) is 9.83. The van der Waals surface area contributed by atoms with E-state index in [0.717, 1.165) is 0 Å². The predicted molar refractivity (Wildman–Crippen MR) is 185 cm³/mol. The molecule has 8 aromatic carbocycles. The van der Waals surface area contributed by atoms with E-state index in [-0.39, 0.29) is 5.41 Å². The van der Waals surface area contributed by atoms with Gasteiger partial charge in [-0.1, -0.05) is 153 Å². The van der Waals surface area contributed by atoms with Crippen LogP contribution in [0, 0.1) is 0 Å². The lowest BCUT2D eigenvalue weighted by Gasteiger charge is -2.25. The van der Waals surface area contributed by atoms with Gasteiger partial charge >= 0.3 is 0 Å². The lowest BCUT2D eigenvalue weighted by molar-refractivity contribution is 0.662. The third kappa shape index (κ3) is 3.38. The molecule has 0 saturated heterocycles. The average Bonchev–Trinajstić information content (AvgIpc) is 3.31. The van der Waals surface area contributed by atoms with Gasteiger partial charge in [-0.15, -0.1) is 0 Å². The van der Waals surface area contributed by atoms with Gasteiger partial charge in [0.15, 0.2) is 0 Å². The van der Waals surface area contributed by atoms with Crippen LogP contribution in [0.5, 0.6) is 0 Å². The molecule has 8 aromatic rings. The second kappa shape index (κ2) is 8.90. The van der Waals surface area contributed by atoms with Crippen molar-refractivity contribution in [1.29, 1.82) is 0 Å². The molecule has 43 heavy (non-hydrogen) atoms. The minimum Gasteiger partial charge on any atom is -0.0616 e. The number of fused-ring (bicyclic) bond motifs is 11. The molecule has 1 aliphatic rings. The van der Waals surface area contributed by atoms with Crippen molar-refractivity contribution in [3.8, 4) is 33.4 Å². The zero-order chi connectivity index (χ0) is 28.7. The first-order valence-electron chi connectivity index (χ1n) is 15.2. The van der Waals surface area contributed by atoms with Crippen LogP contribution in [-0.4, -0.2) is 0 Å². The van der Waals surface area contributed by atoms with Gasteiger partial charge in [0, 0.05) is 5.41 Å². The molecule has 0 saturated carbocycles. The van der Waals surface area contributed by atoms with E-state index in [0.29, 0.717) is 0 Å². The first-order chi connectivity index (χ1) is 21.1. The van der Waals surface area contributed by atoms with Crippen molar-refractivity contribution in [2.24, 2.45) is 0 Å². The molecule has 0 amide bonds. The van der Waals surface area contributed by atoms with Crippen LogP contribution in [-0.2, 0) is 5.41 Å². The van der Waals surface area contributed by atoms with Crippen LogP contribution in [0.15, 0.2) is 146 Å².